The number of para-hydroxylation sites is 1. The van der Waals surface area contributed by atoms with Crippen LogP contribution in [-0.2, 0) is 0 Å². The highest BCUT2D eigenvalue weighted by molar-refractivity contribution is 14.1. The van der Waals surface area contributed by atoms with Gasteiger partial charge in [0.25, 0.3) is 0 Å². The van der Waals surface area contributed by atoms with Crippen molar-refractivity contribution in [1.29, 1.82) is 0 Å². The summed E-state index contributed by atoms with van der Waals surface area (Å²) in [5.41, 5.74) is 2.87. The maximum atomic E-state index is 4.51. The summed E-state index contributed by atoms with van der Waals surface area (Å²) in [5.74, 6) is 1.35. The Morgan fingerprint density at radius 3 is 2.23 bits per heavy atom. The molecule has 0 aliphatic rings. The monoisotopic (exact) mass is 402 g/mol. The molecule has 110 valence electrons. The molecule has 2 N–H and O–H groups in total. The molecular weight excluding hydrogens is 387 g/mol. The zero-order valence-electron chi connectivity index (χ0n) is 12.0. The van der Waals surface area contributed by atoms with Crippen molar-refractivity contribution in [2.45, 2.75) is 6.92 Å². The van der Waals surface area contributed by atoms with Crippen molar-refractivity contribution in [2.75, 3.05) is 10.6 Å². The Hall–Kier alpha value is -2.15. The Labute approximate surface area is 143 Å². The molecule has 0 aliphatic heterocycles. The van der Waals surface area contributed by atoms with E-state index in [1.807, 2.05) is 55.5 Å². The van der Waals surface area contributed by atoms with Gasteiger partial charge in [0.2, 0.25) is 5.95 Å². The number of rotatable bonds is 4. The fourth-order valence-corrected chi connectivity index (χ4v) is 2.38. The highest BCUT2D eigenvalue weighted by atomic mass is 127. The topological polar surface area (TPSA) is 49.8 Å². The van der Waals surface area contributed by atoms with Crippen molar-refractivity contribution in [1.82, 2.24) is 9.97 Å². The largest absolute Gasteiger partial charge is 0.340 e. The summed E-state index contributed by atoms with van der Waals surface area (Å²) >= 11 is 2.29. The Kier molecular flexibility index (Phi) is 4.53. The number of aryl methyl sites for hydroxylation is 1. The lowest BCUT2D eigenvalue weighted by atomic mass is 10.3. The van der Waals surface area contributed by atoms with E-state index >= 15 is 0 Å². The van der Waals surface area contributed by atoms with E-state index in [2.05, 4.69) is 55.3 Å². The molecule has 0 saturated heterocycles. The molecule has 22 heavy (non-hydrogen) atoms. The minimum atomic E-state index is 0.583. The van der Waals surface area contributed by atoms with Gasteiger partial charge >= 0.3 is 0 Å². The van der Waals surface area contributed by atoms with Crippen LogP contribution in [0.4, 0.5) is 23.1 Å². The van der Waals surface area contributed by atoms with Gasteiger partial charge in [0, 0.05) is 26.7 Å². The first kappa shape index (κ1) is 14.8. The van der Waals surface area contributed by atoms with Crippen molar-refractivity contribution in [3.8, 4) is 0 Å². The van der Waals surface area contributed by atoms with Crippen LogP contribution in [0.3, 0.4) is 0 Å². The predicted octanol–water partition coefficient (Wildman–Crippen LogP) is 4.88. The van der Waals surface area contributed by atoms with Crippen LogP contribution in [0.15, 0.2) is 60.7 Å². The van der Waals surface area contributed by atoms with Crippen LogP contribution < -0.4 is 10.6 Å². The Morgan fingerprint density at radius 1 is 0.818 bits per heavy atom. The van der Waals surface area contributed by atoms with Gasteiger partial charge < -0.3 is 10.6 Å². The zero-order chi connectivity index (χ0) is 15.4. The van der Waals surface area contributed by atoms with Crippen LogP contribution >= 0.6 is 22.6 Å². The van der Waals surface area contributed by atoms with Crippen LogP contribution in [0.1, 0.15) is 5.69 Å². The smallest absolute Gasteiger partial charge is 0.229 e. The van der Waals surface area contributed by atoms with Gasteiger partial charge in [0.1, 0.15) is 5.82 Å². The summed E-state index contributed by atoms with van der Waals surface area (Å²) in [7, 11) is 0. The number of anilines is 4. The van der Waals surface area contributed by atoms with Crippen molar-refractivity contribution in [2.24, 2.45) is 0 Å². The van der Waals surface area contributed by atoms with Crippen LogP contribution in [0.25, 0.3) is 0 Å². The standard InChI is InChI=1S/C17H15IN4/c1-12-11-16(20-15-9-7-13(18)8-10-15)22-17(19-12)21-14-5-3-2-4-6-14/h2-11H,1H3,(H2,19,20,21,22). The second-order valence-corrected chi connectivity index (χ2v) is 6.09. The molecule has 0 saturated carbocycles. The summed E-state index contributed by atoms with van der Waals surface area (Å²) in [5, 5.41) is 6.52. The molecular formula is C17H15IN4. The molecule has 2 aromatic carbocycles. The molecule has 1 aromatic heterocycles. The molecule has 3 aromatic rings. The second kappa shape index (κ2) is 6.74. The molecule has 0 unspecified atom stereocenters. The van der Waals surface area contributed by atoms with E-state index in [4.69, 9.17) is 0 Å². The van der Waals surface area contributed by atoms with Gasteiger partial charge in [-0.2, -0.15) is 4.98 Å². The molecule has 0 aliphatic carbocycles. The van der Waals surface area contributed by atoms with Gasteiger partial charge in [-0.15, -0.1) is 0 Å². The molecule has 4 nitrogen and oxygen atoms in total. The highest BCUT2D eigenvalue weighted by Gasteiger charge is 2.03. The van der Waals surface area contributed by atoms with Gasteiger partial charge in [-0.05, 0) is 65.9 Å². The summed E-state index contributed by atoms with van der Waals surface area (Å²) in [6.07, 6.45) is 0. The number of nitrogens with one attached hydrogen (secondary N) is 2. The summed E-state index contributed by atoms with van der Waals surface area (Å²) < 4.78 is 1.20. The van der Waals surface area contributed by atoms with Crippen molar-refractivity contribution >= 4 is 45.7 Å². The molecule has 5 heteroatoms. The van der Waals surface area contributed by atoms with E-state index < -0.39 is 0 Å². The molecule has 0 bridgehead atoms. The number of halogens is 1. The summed E-state index contributed by atoms with van der Waals surface area (Å²) in [6.45, 7) is 1.96. The minimum Gasteiger partial charge on any atom is -0.340 e. The first-order valence-electron chi connectivity index (χ1n) is 6.89. The maximum absolute atomic E-state index is 4.51. The summed E-state index contributed by atoms with van der Waals surface area (Å²) in [6, 6.07) is 20.0. The third kappa shape index (κ3) is 3.94. The average Bonchev–Trinajstić information content (AvgIpc) is 2.50. The fraction of sp³-hybridized carbons (Fsp3) is 0.0588. The molecule has 3 rings (SSSR count). The first-order chi connectivity index (χ1) is 10.7. The molecule has 0 radical (unpaired) electrons. The van der Waals surface area contributed by atoms with Crippen molar-refractivity contribution in [3.63, 3.8) is 0 Å². The number of hydrogen-bond acceptors (Lipinski definition) is 4. The number of benzene rings is 2. The van der Waals surface area contributed by atoms with Gasteiger partial charge in [-0.25, -0.2) is 4.98 Å². The van der Waals surface area contributed by atoms with E-state index in [-0.39, 0.29) is 0 Å². The number of hydrogen-bond donors (Lipinski definition) is 2. The van der Waals surface area contributed by atoms with Crippen LogP contribution in [0.2, 0.25) is 0 Å². The van der Waals surface area contributed by atoms with E-state index in [1.165, 1.54) is 3.57 Å². The lowest BCUT2D eigenvalue weighted by Gasteiger charge is -2.10. The number of aromatic nitrogens is 2. The zero-order valence-corrected chi connectivity index (χ0v) is 14.2. The average molecular weight is 402 g/mol. The van der Waals surface area contributed by atoms with Gasteiger partial charge in [-0.1, -0.05) is 18.2 Å². The molecule has 0 amide bonds. The van der Waals surface area contributed by atoms with Gasteiger partial charge in [0.15, 0.2) is 0 Å². The second-order valence-electron chi connectivity index (χ2n) is 4.84. The Morgan fingerprint density at radius 2 is 1.50 bits per heavy atom. The van der Waals surface area contributed by atoms with E-state index in [1.54, 1.807) is 0 Å². The lowest BCUT2D eigenvalue weighted by Crippen LogP contribution is -2.02. The van der Waals surface area contributed by atoms with Crippen LogP contribution in [-0.4, -0.2) is 9.97 Å². The molecule has 0 atom stereocenters. The van der Waals surface area contributed by atoms with Gasteiger partial charge in [-0.3, -0.25) is 0 Å². The highest BCUT2D eigenvalue weighted by Crippen LogP contribution is 2.19. The van der Waals surface area contributed by atoms with Crippen LogP contribution in [0.5, 0.6) is 0 Å². The Balaban J connectivity index is 1.82. The molecule has 0 spiro atoms. The quantitative estimate of drug-likeness (QED) is 0.611. The maximum Gasteiger partial charge on any atom is 0.229 e. The van der Waals surface area contributed by atoms with Crippen molar-refractivity contribution in [3.05, 3.63) is 69.9 Å². The SMILES string of the molecule is Cc1cc(Nc2ccc(I)cc2)nc(Nc2ccccc2)n1. The lowest BCUT2D eigenvalue weighted by molar-refractivity contribution is 1.11. The van der Waals surface area contributed by atoms with E-state index in [0.717, 1.165) is 22.9 Å². The van der Waals surface area contributed by atoms with E-state index in [0.29, 0.717) is 5.95 Å². The first-order valence-corrected chi connectivity index (χ1v) is 7.97. The molecule has 0 fully saturated rings. The van der Waals surface area contributed by atoms with Crippen LogP contribution in [0, 0.1) is 10.5 Å². The predicted molar refractivity (Wildman–Crippen MR) is 98.9 cm³/mol. The third-order valence-corrected chi connectivity index (χ3v) is 3.72. The minimum absolute atomic E-state index is 0.583. The normalized spacial score (nSPS) is 10.3. The van der Waals surface area contributed by atoms with E-state index in [9.17, 15) is 0 Å². The van der Waals surface area contributed by atoms with Crippen molar-refractivity contribution < 1.29 is 0 Å². The fourth-order valence-electron chi connectivity index (χ4n) is 2.02. The van der Waals surface area contributed by atoms with Gasteiger partial charge in [0.05, 0.1) is 0 Å². The third-order valence-electron chi connectivity index (χ3n) is 3.00. The molecule has 1 heterocycles. The number of nitrogens with zero attached hydrogens (tertiary/aromatic N) is 2. The summed E-state index contributed by atoms with van der Waals surface area (Å²) in [4.78, 5) is 8.93. The Bertz CT molecular complexity index is 757.